The van der Waals surface area contributed by atoms with E-state index >= 15 is 0 Å². The zero-order chi connectivity index (χ0) is 18.6. The molecule has 24 heavy (non-hydrogen) atoms. The van der Waals surface area contributed by atoms with Crippen LogP contribution in [0.2, 0.25) is 0 Å². The average molecular weight is 341 g/mol. The Morgan fingerprint density at radius 3 is 1.62 bits per heavy atom. The van der Waals surface area contributed by atoms with Gasteiger partial charge in [0.25, 0.3) is 0 Å². The number of rotatable bonds is 14. The minimum atomic E-state index is -0.981. The summed E-state index contributed by atoms with van der Waals surface area (Å²) in [6.45, 7) is 11.0. The summed E-state index contributed by atoms with van der Waals surface area (Å²) in [5, 5.41) is 7.60. The third-order valence-electron chi connectivity index (χ3n) is 3.50. The Morgan fingerprint density at radius 1 is 0.917 bits per heavy atom. The van der Waals surface area contributed by atoms with Crippen LogP contribution in [0.5, 0.6) is 0 Å². The van der Waals surface area contributed by atoms with Gasteiger partial charge in [-0.2, -0.15) is 0 Å². The van der Waals surface area contributed by atoms with Crippen LogP contribution in [0.15, 0.2) is 24.8 Å². The van der Waals surface area contributed by atoms with E-state index in [4.69, 9.17) is 9.84 Å². The topological polar surface area (TPSA) is 63.6 Å². The van der Waals surface area contributed by atoms with Gasteiger partial charge in [-0.25, -0.2) is 9.59 Å². The highest BCUT2D eigenvalue weighted by molar-refractivity contribution is 5.86. The normalized spacial score (nSPS) is 9.58. The van der Waals surface area contributed by atoms with Crippen molar-refractivity contribution in [2.75, 3.05) is 6.61 Å². The molecule has 0 aromatic carbocycles. The fraction of sp³-hybridized carbons (Fsp3) is 0.700. The number of esters is 1. The van der Waals surface area contributed by atoms with Crippen molar-refractivity contribution >= 4 is 11.9 Å². The Morgan fingerprint density at radius 2 is 1.29 bits per heavy atom. The number of carboxylic acids is 1. The maximum Gasteiger partial charge on any atom is 0.333 e. The molecule has 0 amide bonds. The predicted octanol–water partition coefficient (Wildman–Crippen LogP) is 5.67. The van der Waals surface area contributed by atoms with E-state index in [-0.39, 0.29) is 5.97 Å². The lowest BCUT2D eigenvalue weighted by molar-refractivity contribution is -0.139. The maximum atomic E-state index is 11.1. The first-order chi connectivity index (χ1) is 11.5. The Kier molecular flexibility index (Phi) is 20.0. The number of hydrogen-bond donors (Lipinski definition) is 1. The van der Waals surface area contributed by atoms with Crippen LogP contribution in [0.1, 0.15) is 84.5 Å². The average Bonchev–Trinajstić information content (AvgIpc) is 2.56. The van der Waals surface area contributed by atoms with E-state index in [9.17, 15) is 9.59 Å². The Labute approximate surface area is 148 Å². The van der Waals surface area contributed by atoms with E-state index in [1.165, 1.54) is 64.2 Å². The van der Waals surface area contributed by atoms with E-state index in [1.54, 1.807) is 6.92 Å². The second-order valence-electron chi connectivity index (χ2n) is 5.99. The summed E-state index contributed by atoms with van der Waals surface area (Å²) in [6.07, 6.45) is 15.2. The van der Waals surface area contributed by atoms with Gasteiger partial charge < -0.3 is 9.84 Å². The quantitative estimate of drug-likeness (QED) is 0.251. The van der Waals surface area contributed by atoms with E-state index in [2.05, 4.69) is 20.1 Å². The van der Waals surface area contributed by atoms with Gasteiger partial charge in [-0.15, -0.1) is 0 Å². The van der Waals surface area contributed by atoms with Crippen molar-refractivity contribution < 1.29 is 19.4 Å². The number of aliphatic carboxylic acids is 1. The smallest absolute Gasteiger partial charge is 0.333 e. The number of carboxylic acid groups (broad SMARTS) is 1. The molecule has 0 saturated carbocycles. The van der Waals surface area contributed by atoms with Crippen LogP contribution in [-0.2, 0) is 14.3 Å². The first kappa shape index (κ1) is 24.7. The summed E-state index contributed by atoms with van der Waals surface area (Å²) >= 11 is 0. The first-order valence-electron chi connectivity index (χ1n) is 9.13. The molecule has 4 heteroatoms. The van der Waals surface area contributed by atoms with Crippen molar-refractivity contribution in [2.24, 2.45) is 0 Å². The number of carbonyl (C=O) groups is 2. The molecule has 4 nitrogen and oxygen atoms in total. The van der Waals surface area contributed by atoms with Crippen molar-refractivity contribution in [3.63, 3.8) is 0 Å². The largest absolute Gasteiger partial charge is 0.478 e. The van der Waals surface area contributed by atoms with Crippen LogP contribution >= 0.6 is 0 Å². The van der Waals surface area contributed by atoms with Crippen LogP contribution < -0.4 is 0 Å². The van der Waals surface area contributed by atoms with Gasteiger partial charge in [-0.05, 0) is 13.3 Å². The highest BCUT2D eigenvalue weighted by atomic mass is 16.5. The molecule has 0 aliphatic heterocycles. The van der Waals surface area contributed by atoms with E-state index in [0.717, 1.165) is 12.5 Å². The van der Waals surface area contributed by atoms with E-state index < -0.39 is 5.97 Å². The Hall–Kier alpha value is -1.58. The molecule has 0 unspecified atom stereocenters. The molecule has 0 atom stereocenters. The van der Waals surface area contributed by atoms with Crippen LogP contribution in [0.25, 0.3) is 0 Å². The summed E-state index contributed by atoms with van der Waals surface area (Å²) in [5.41, 5.74) is 0.489. The number of hydrogen-bond acceptors (Lipinski definition) is 3. The molecule has 0 heterocycles. The molecule has 0 aromatic rings. The van der Waals surface area contributed by atoms with Crippen LogP contribution in [0.4, 0.5) is 0 Å². The molecular formula is C20H36O4. The molecule has 0 fully saturated rings. The monoisotopic (exact) mass is 340 g/mol. The highest BCUT2D eigenvalue weighted by Gasteiger charge is 2.01. The number of carbonyl (C=O) groups excluding carboxylic acids is 1. The minimum Gasteiger partial charge on any atom is -0.478 e. The molecule has 0 aliphatic carbocycles. The Bertz CT molecular complexity index is 348. The molecule has 0 radical (unpaired) electrons. The number of unbranched alkanes of at least 4 members (excludes halogenated alkanes) is 10. The molecule has 0 spiro atoms. The zero-order valence-electron chi connectivity index (χ0n) is 15.6. The second kappa shape index (κ2) is 19.5. The van der Waals surface area contributed by atoms with Crippen molar-refractivity contribution in [3.8, 4) is 0 Å². The predicted molar refractivity (Wildman–Crippen MR) is 100 cm³/mol. The van der Waals surface area contributed by atoms with Crippen LogP contribution in [0.3, 0.4) is 0 Å². The lowest BCUT2D eigenvalue weighted by Crippen LogP contribution is -2.05. The van der Waals surface area contributed by atoms with E-state index in [0.29, 0.717) is 12.2 Å². The number of ether oxygens (including phenoxy) is 1. The summed E-state index contributed by atoms with van der Waals surface area (Å²) < 4.78 is 5.05. The SMILES string of the molecule is C=C(C)C(=O)OCCCCCCCCCCCCC.C=CC(=O)O. The molecule has 0 saturated heterocycles. The first-order valence-corrected chi connectivity index (χ1v) is 9.13. The fourth-order valence-corrected chi connectivity index (χ4v) is 2.05. The molecule has 0 rings (SSSR count). The molecular weight excluding hydrogens is 304 g/mol. The van der Waals surface area contributed by atoms with Gasteiger partial charge in [0.15, 0.2) is 0 Å². The maximum absolute atomic E-state index is 11.1. The van der Waals surface area contributed by atoms with Crippen molar-refractivity contribution in [3.05, 3.63) is 24.8 Å². The summed E-state index contributed by atoms with van der Waals surface area (Å²) in [5.74, 6) is -1.24. The van der Waals surface area contributed by atoms with Gasteiger partial charge in [0.1, 0.15) is 0 Å². The van der Waals surface area contributed by atoms with Gasteiger partial charge >= 0.3 is 11.9 Å². The molecule has 0 bridgehead atoms. The second-order valence-corrected chi connectivity index (χ2v) is 5.99. The van der Waals surface area contributed by atoms with E-state index in [1.807, 2.05) is 0 Å². The molecule has 0 aliphatic rings. The van der Waals surface area contributed by atoms with Crippen LogP contribution in [-0.4, -0.2) is 23.7 Å². The van der Waals surface area contributed by atoms with Crippen LogP contribution in [0, 0.1) is 0 Å². The van der Waals surface area contributed by atoms with Gasteiger partial charge in [0.2, 0.25) is 0 Å². The summed E-state index contributed by atoms with van der Waals surface area (Å²) in [4.78, 5) is 20.4. The molecule has 0 aromatic heterocycles. The molecule has 1 N–H and O–H groups in total. The lowest BCUT2D eigenvalue weighted by atomic mass is 10.1. The third kappa shape index (κ3) is 22.7. The van der Waals surface area contributed by atoms with Crippen molar-refractivity contribution in [2.45, 2.75) is 84.5 Å². The minimum absolute atomic E-state index is 0.257. The summed E-state index contributed by atoms with van der Waals surface area (Å²) in [7, 11) is 0. The third-order valence-corrected chi connectivity index (χ3v) is 3.50. The van der Waals surface area contributed by atoms with Crippen molar-refractivity contribution in [1.82, 2.24) is 0 Å². The van der Waals surface area contributed by atoms with Gasteiger partial charge in [0.05, 0.1) is 6.61 Å². The molecule has 140 valence electrons. The summed E-state index contributed by atoms with van der Waals surface area (Å²) in [6, 6.07) is 0. The Balaban J connectivity index is 0. The van der Waals surface area contributed by atoms with Gasteiger partial charge in [0, 0.05) is 11.6 Å². The van der Waals surface area contributed by atoms with Crippen molar-refractivity contribution in [1.29, 1.82) is 0 Å². The lowest BCUT2D eigenvalue weighted by Gasteiger charge is -2.04. The van der Waals surface area contributed by atoms with Gasteiger partial charge in [-0.1, -0.05) is 84.3 Å². The highest BCUT2D eigenvalue weighted by Crippen LogP contribution is 2.11. The standard InChI is InChI=1S/C17H32O2.C3H4O2/c1-4-5-6-7-8-9-10-11-12-13-14-15-19-17(18)16(2)3;1-2-3(4)5/h2,4-15H2,1,3H3;2H,1H2,(H,4,5). The van der Waals surface area contributed by atoms with Gasteiger partial charge in [-0.3, -0.25) is 0 Å². The zero-order valence-corrected chi connectivity index (χ0v) is 15.6. The fourth-order valence-electron chi connectivity index (χ4n) is 2.05.